The number of anilines is 1. The largest absolute Gasteiger partial charge is 0.453 e. The molecule has 10 heteroatoms. The third kappa shape index (κ3) is 4.95. The smallest absolute Gasteiger partial charge is 0.378 e. The van der Waals surface area contributed by atoms with Crippen LogP contribution in [0.1, 0.15) is 34.8 Å². The second-order valence-electron chi connectivity index (χ2n) is 7.72. The molecule has 1 aromatic carbocycles. The van der Waals surface area contributed by atoms with Gasteiger partial charge in [0.25, 0.3) is 11.6 Å². The van der Waals surface area contributed by atoms with E-state index in [1.807, 2.05) is 43.3 Å². The summed E-state index contributed by atoms with van der Waals surface area (Å²) < 4.78 is 39.9. The molecule has 2 aromatic heterocycles. The molecule has 0 bridgehead atoms. The molecule has 0 saturated heterocycles. The van der Waals surface area contributed by atoms with Gasteiger partial charge in [-0.3, -0.25) is 4.79 Å². The minimum atomic E-state index is -4.64. The van der Waals surface area contributed by atoms with Crippen molar-refractivity contribution < 1.29 is 18.0 Å². The van der Waals surface area contributed by atoms with Gasteiger partial charge in [0.15, 0.2) is 0 Å². The summed E-state index contributed by atoms with van der Waals surface area (Å²) in [5.74, 6) is -1.39. The van der Waals surface area contributed by atoms with Gasteiger partial charge in [0.2, 0.25) is 5.91 Å². The van der Waals surface area contributed by atoms with Crippen molar-refractivity contribution in [3.8, 4) is 0 Å². The van der Waals surface area contributed by atoms with Crippen LogP contribution in [0.5, 0.6) is 0 Å². The number of halogens is 3. The third-order valence-corrected chi connectivity index (χ3v) is 5.19. The summed E-state index contributed by atoms with van der Waals surface area (Å²) in [6.07, 6.45) is -4.08. The first-order valence-electron chi connectivity index (χ1n) is 9.77. The Hall–Kier alpha value is -3.17. The molecule has 0 N–H and O–H groups in total. The predicted molar refractivity (Wildman–Crippen MR) is 111 cm³/mol. The quantitative estimate of drug-likeness (QED) is 0.595. The molecule has 0 unspecified atom stereocenters. The third-order valence-electron chi connectivity index (χ3n) is 5.19. The van der Waals surface area contributed by atoms with Gasteiger partial charge in [0, 0.05) is 51.2 Å². The van der Waals surface area contributed by atoms with Crippen LogP contribution in [-0.2, 0) is 23.9 Å². The molecule has 0 aliphatic rings. The average molecular weight is 434 g/mol. The van der Waals surface area contributed by atoms with E-state index in [2.05, 4.69) is 15.1 Å². The zero-order valence-electron chi connectivity index (χ0n) is 18.2. The van der Waals surface area contributed by atoms with E-state index in [4.69, 9.17) is 0 Å². The van der Waals surface area contributed by atoms with E-state index in [9.17, 15) is 18.0 Å². The van der Waals surface area contributed by atoms with Crippen LogP contribution in [0.2, 0.25) is 0 Å². The van der Waals surface area contributed by atoms with Crippen molar-refractivity contribution in [3.05, 3.63) is 52.6 Å². The van der Waals surface area contributed by atoms with E-state index in [1.54, 1.807) is 25.8 Å². The maximum Gasteiger partial charge on any atom is 0.453 e. The van der Waals surface area contributed by atoms with Crippen molar-refractivity contribution in [2.24, 2.45) is 0 Å². The van der Waals surface area contributed by atoms with Crippen LogP contribution >= 0.6 is 0 Å². The highest BCUT2D eigenvalue weighted by Crippen LogP contribution is 2.27. The number of fused-ring (bicyclic) bond motifs is 1. The molecule has 3 rings (SSSR count). The van der Waals surface area contributed by atoms with Crippen LogP contribution in [0.15, 0.2) is 24.3 Å². The number of hydrogen-bond donors (Lipinski definition) is 0. The Morgan fingerprint density at radius 2 is 1.71 bits per heavy atom. The van der Waals surface area contributed by atoms with Crippen molar-refractivity contribution in [1.82, 2.24) is 24.5 Å². The lowest BCUT2D eigenvalue weighted by molar-refractivity contribution is -0.144. The van der Waals surface area contributed by atoms with Gasteiger partial charge in [-0.05, 0) is 43.5 Å². The van der Waals surface area contributed by atoms with Crippen LogP contribution in [0, 0.1) is 13.8 Å². The van der Waals surface area contributed by atoms with Crippen LogP contribution in [-0.4, -0.2) is 51.5 Å². The van der Waals surface area contributed by atoms with Gasteiger partial charge in [-0.2, -0.15) is 18.2 Å². The summed E-state index contributed by atoms with van der Waals surface area (Å²) in [4.78, 5) is 23.9. The Morgan fingerprint density at radius 3 is 2.29 bits per heavy atom. The minimum absolute atomic E-state index is 0.0647. The topological polar surface area (TPSA) is 66.6 Å². The lowest BCUT2D eigenvalue weighted by Gasteiger charge is -2.19. The molecule has 1 amide bonds. The zero-order valence-corrected chi connectivity index (χ0v) is 18.2. The Bertz CT molecular complexity index is 1090. The highest BCUT2D eigenvalue weighted by atomic mass is 19.4. The van der Waals surface area contributed by atoms with Gasteiger partial charge < -0.3 is 9.80 Å². The average Bonchev–Trinajstić information content (AvgIpc) is 3.12. The van der Waals surface area contributed by atoms with Crippen molar-refractivity contribution in [3.63, 3.8) is 0 Å². The Morgan fingerprint density at radius 1 is 1.06 bits per heavy atom. The summed E-state index contributed by atoms with van der Waals surface area (Å²) in [6.45, 7) is 3.83. The number of aryl methyl sites for hydroxylation is 2. The fourth-order valence-electron chi connectivity index (χ4n) is 3.37. The summed E-state index contributed by atoms with van der Waals surface area (Å²) in [7, 11) is 5.66. The number of carbonyl (C=O) groups excluding carboxylic acids is 1. The SMILES string of the molecule is Cc1nc2nc(C(F)(F)F)nn2c(C)c1CCC(=O)N(C)Cc1ccc(N(C)C)cc1. The van der Waals surface area contributed by atoms with Crippen LogP contribution in [0.3, 0.4) is 0 Å². The van der Waals surface area contributed by atoms with Gasteiger partial charge in [-0.1, -0.05) is 12.1 Å². The standard InChI is InChI=1S/C21H25F3N6O/c1-13-17(14(2)30-20(25-13)26-19(27-30)21(22,23)24)10-11-18(31)29(5)12-15-6-8-16(9-7-15)28(3)4/h6-9H,10-12H2,1-5H3. The summed E-state index contributed by atoms with van der Waals surface area (Å²) in [5, 5.41) is 3.54. The first-order chi connectivity index (χ1) is 14.5. The highest BCUT2D eigenvalue weighted by molar-refractivity contribution is 5.76. The normalized spacial score (nSPS) is 11.7. The van der Waals surface area contributed by atoms with Crippen molar-refractivity contribution in [1.29, 1.82) is 0 Å². The van der Waals surface area contributed by atoms with E-state index in [-0.39, 0.29) is 18.1 Å². The van der Waals surface area contributed by atoms with Gasteiger partial charge >= 0.3 is 6.18 Å². The maximum absolute atomic E-state index is 12.9. The number of amides is 1. The van der Waals surface area contributed by atoms with Gasteiger partial charge in [0.1, 0.15) is 0 Å². The molecule has 0 aliphatic heterocycles. The molecular weight excluding hydrogens is 409 g/mol. The molecular formula is C21H25F3N6O. The van der Waals surface area contributed by atoms with E-state index in [0.29, 0.717) is 29.9 Å². The molecule has 31 heavy (non-hydrogen) atoms. The van der Waals surface area contributed by atoms with Gasteiger partial charge in [-0.15, -0.1) is 5.10 Å². The van der Waals surface area contributed by atoms with Crippen molar-refractivity contribution in [2.45, 2.75) is 39.4 Å². The summed E-state index contributed by atoms with van der Waals surface area (Å²) in [5.41, 5.74) is 3.83. The Labute approximate surface area is 178 Å². The summed E-state index contributed by atoms with van der Waals surface area (Å²) in [6, 6.07) is 7.95. The molecule has 0 atom stereocenters. The Kier molecular flexibility index (Phi) is 6.19. The number of benzene rings is 1. The molecule has 166 valence electrons. The minimum Gasteiger partial charge on any atom is -0.378 e. The number of aromatic nitrogens is 4. The molecule has 7 nitrogen and oxygen atoms in total. The number of nitrogens with zero attached hydrogens (tertiary/aromatic N) is 6. The number of hydrogen-bond acceptors (Lipinski definition) is 5. The fraction of sp³-hybridized carbons (Fsp3) is 0.429. The first kappa shape index (κ1) is 22.5. The lowest BCUT2D eigenvalue weighted by atomic mass is 10.1. The molecule has 3 aromatic rings. The van der Waals surface area contributed by atoms with E-state index < -0.39 is 12.0 Å². The van der Waals surface area contributed by atoms with Crippen LogP contribution in [0.4, 0.5) is 18.9 Å². The van der Waals surface area contributed by atoms with E-state index >= 15 is 0 Å². The van der Waals surface area contributed by atoms with Crippen molar-refractivity contribution >= 4 is 17.4 Å². The number of carbonyl (C=O) groups is 1. The number of alkyl halides is 3. The van der Waals surface area contributed by atoms with Crippen LogP contribution in [0.25, 0.3) is 5.78 Å². The molecule has 0 fully saturated rings. The molecule has 0 spiro atoms. The monoisotopic (exact) mass is 434 g/mol. The molecule has 0 radical (unpaired) electrons. The predicted octanol–water partition coefficient (Wildman–Crippen LogP) is 3.42. The zero-order chi connectivity index (χ0) is 22.9. The molecule has 0 saturated carbocycles. The Balaban J connectivity index is 1.70. The second kappa shape index (κ2) is 8.52. The van der Waals surface area contributed by atoms with E-state index in [1.165, 1.54) is 0 Å². The van der Waals surface area contributed by atoms with Gasteiger partial charge in [-0.25, -0.2) is 9.50 Å². The van der Waals surface area contributed by atoms with Crippen molar-refractivity contribution in [2.75, 3.05) is 26.0 Å². The summed E-state index contributed by atoms with van der Waals surface area (Å²) >= 11 is 0. The fourth-order valence-corrected chi connectivity index (χ4v) is 3.37. The van der Waals surface area contributed by atoms with E-state index in [0.717, 1.165) is 15.8 Å². The maximum atomic E-state index is 12.9. The number of rotatable bonds is 6. The van der Waals surface area contributed by atoms with Crippen LogP contribution < -0.4 is 4.90 Å². The lowest BCUT2D eigenvalue weighted by Crippen LogP contribution is -2.26. The highest BCUT2D eigenvalue weighted by Gasteiger charge is 2.37. The second-order valence-corrected chi connectivity index (χ2v) is 7.72. The first-order valence-corrected chi connectivity index (χ1v) is 9.77. The molecule has 2 heterocycles. The molecule has 0 aliphatic carbocycles. The van der Waals surface area contributed by atoms with Gasteiger partial charge in [0.05, 0.1) is 0 Å².